The van der Waals surface area contributed by atoms with Crippen LogP contribution < -0.4 is 5.32 Å². The number of Topliss-reactive ketones (excluding diaryl/α,β-unsaturated/α-hetero) is 1. The third-order valence-corrected chi connectivity index (χ3v) is 5.01. The molecule has 2 aromatic rings. The van der Waals surface area contributed by atoms with Gasteiger partial charge in [0.2, 0.25) is 5.91 Å². The number of thioether (sulfide) groups is 1. The number of hydrogen-bond acceptors (Lipinski definition) is 7. The molecule has 0 bridgehead atoms. The number of hydrogen-bond donors (Lipinski definition) is 1. The Morgan fingerprint density at radius 1 is 1.10 bits per heavy atom. The minimum Gasteiger partial charge on any atom is -0.326 e. The Hall–Kier alpha value is -3.79. The molecule has 0 aromatic heterocycles. The van der Waals surface area contributed by atoms with Gasteiger partial charge in [0.15, 0.2) is 5.78 Å². The second-order valence-corrected chi connectivity index (χ2v) is 7.29. The van der Waals surface area contributed by atoms with E-state index in [-0.39, 0.29) is 22.1 Å². The number of imide groups is 1. The number of nitrogens with one attached hydrogen (secondary N) is 1. The van der Waals surface area contributed by atoms with Gasteiger partial charge in [-0.25, -0.2) is 0 Å². The molecule has 0 saturated carbocycles. The molecule has 1 aliphatic heterocycles. The lowest BCUT2D eigenvalue weighted by atomic mass is 10.1. The van der Waals surface area contributed by atoms with E-state index in [9.17, 15) is 29.3 Å². The zero-order valence-electron chi connectivity index (χ0n) is 15.7. The zero-order chi connectivity index (χ0) is 21.8. The molecule has 1 fully saturated rings. The number of rotatable bonds is 6. The van der Waals surface area contributed by atoms with E-state index in [1.54, 1.807) is 24.3 Å². The van der Waals surface area contributed by atoms with Crippen LogP contribution in [-0.2, 0) is 9.59 Å². The smallest absolute Gasteiger partial charge is 0.293 e. The van der Waals surface area contributed by atoms with Crippen LogP contribution in [0.2, 0.25) is 0 Å². The van der Waals surface area contributed by atoms with Crippen LogP contribution in [0.25, 0.3) is 6.08 Å². The van der Waals surface area contributed by atoms with Crippen molar-refractivity contribution in [3.8, 4) is 0 Å². The van der Waals surface area contributed by atoms with Gasteiger partial charge in [0.05, 0.1) is 16.4 Å². The summed E-state index contributed by atoms with van der Waals surface area (Å²) < 4.78 is 0. The molecule has 152 valence electrons. The number of benzene rings is 2. The number of carbonyl (C=O) groups excluding carboxylic acids is 4. The number of amides is 3. The Balaban J connectivity index is 1.71. The Kier molecular flexibility index (Phi) is 6.07. The quantitative estimate of drug-likeness (QED) is 0.325. The van der Waals surface area contributed by atoms with Crippen LogP contribution in [0, 0.1) is 10.1 Å². The summed E-state index contributed by atoms with van der Waals surface area (Å²) in [6.45, 7) is 0.934. The number of anilines is 1. The van der Waals surface area contributed by atoms with E-state index < -0.39 is 28.4 Å². The van der Waals surface area contributed by atoms with Crippen molar-refractivity contribution >= 4 is 52.0 Å². The molecule has 2 aromatic carbocycles. The van der Waals surface area contributed by atoms with E-state index in [2.05, 4.69) is 5.32 Å². The fourth-order valence-corrected chi connectivity index (χ4v) is 3.50. The first-order valence-electron chi connectivity index (χ1n) is 8.65. The van der Waals surface area contributed by atoms with Crippen molar-refractivity contribution in [2.75, 3.05) is 11.9 Å². The van der Waals surface area contributed by atoms with Crippen LogP contribution in [-0.4, -0.2) is 39.2 Å². The molecule has 9 nitrogen and oxygen atoms in total. The second-order valence-electron chi connectivity index (χ2n) is 6.30. The molecule has 1 N–H and O–H groups in total. The van der Waals surface area contributed by atoms with Gasteiger partial charge < -0.3 is 5.32 Å². The number of carbonyl (C=O) groups is 4. The average molecular weight is 425 g/mol. The summed E-state index contributed by atoms with van der Waals surface area (Å²) in [5.41, 5.74) is 1.25. The molecular weight excluding hydrogens is 410 g/mol. The highest BCUT2D eigenvalue weighted by Crippen LogP contribution is 2.32. The van der Waals surface area contributed by atoms with Crippen molar-refractivity contribution in [3.05, 3.63) is 74.7 Å². The Morgan fingerprint density at radius 2 is 1.73 bits per heavy atom. The van der Waals surface area contributed by atoms with Crippen molar-refractivity contribution in [3.63, 3.8) is 0 Å². The van der Waals surface area contributed by atoms with E-state index in [1.165, 1.54) is 37.3 Å². The normalized spacial score (nSPS) is 14.8. The summed E-state index contributed by atoms with van der Waals surface area (Å²) in [6, 6.07) is 11.6. The van der Waals surface area contributed by atoms with E-state index >= 15 is 0 Å². The number of ketones is 1. The maximum atomic E-state index is 12.6. The summed E-state index contributed by atoms with van der Waals surface area (Å²) in [7, 11) is 0. The van der Waals surface area contributed by atoms with Gasteiger partial charge in [-0.05, 0) is 47.7 Å². The molecule has 0 atom stereocenters. The predicted octanol–water partition coefficient (Wildman–Crippen LogP) is 3.47. The Labute approximate surface area is 174 Å². The molecule has 3 amide bonds. The summed E-state index contributed by atoms with van der Waals surface area (Å²) in [6.07, 6.45) is 1.53. The van der Waals surface area contributed by atoms with Gasteiger partial charge >= 0.3 is 0 Å². The lowest BCUT2D eigenvalue weighted by molar-refractivity contribution is -0.384. The first-order chi connectivity index (χ1) is 14.2. The summed E-state index contributed by atoms with van der Waals surface area (Å²) >= 11 is 0.722. The second kappa shape index (κ2) is 8.70. The molecule has 3 rings (SSSR count). The fraction of sp³-hybridized carbons (Fsp3) is 0.100. The minimum absolute atomic E-state index is 0.162. The molecule has 30 heavy (non-hydrogen) atoms. The monoisotopic (exact) mass is 425 g/mol. The van der Waals surface area contributed by atoms with Crippen LogP contribution in [0.3, 0.4) is 0 Å². The summed E-state index contributed by atoms with van der Waals surface area (Å²) in [4.78, 5) is 59.3. The van der Waals surface area contributed by atoms with Crippen LogP contribution in [0.4, 0.5) is 16.2 Å². The van der Waals surface area contributed by atoms with Crippen LogP contribution in [0.1, 0.15) is 22.8 Å². The van der Waals surface area contributed by atoms with Crippen molar-refractivity contribution in [2.45, 2.75) is 6.92 Å². The first kappa shape index (κ1) is 20.9. The van der Waals surface area contributed by atoms with Gasteiger partial charge in [-0.2, -0.15) is 0 Å². The number of nitro groups is 1. The zero-order valence-corrected chi connectivity index (χ0v) is 16.5. The third kappa shape index (κ3) is 4.78. The van der Waals surface area contributed by atoms with Gasteiger partial charge in [-0.3, -0.25) is 34.2 Å². The van der Waals surface area contributed by atoms with Crippen molar-refractivity contribution in [1.29, 1.82) is 0 Å². The molecule has 0 aliphatic carbocycles. The van der Waals surface area contributed by atoms with Crippen molar-refractivity contribution in [2.24, 2.45) is 0 Å². The number of non-ortho nitro benzene ring substituents is 1. The highest BCUT2D eigenvalue weighted by molar-refractivity contribution is 8.18. The molecule has 0 spiro atoms. The Bertz CT molecular complexity index is 1080. The molecule has 1 heterocycles. The summed E-state index contributed by atoms with van der Waals surface area (Å²) in [5, 5.41) is 12.7. The standard InChI is InChI=1S/C20H15N3O6S/c1-12(24)21-15-6-2-13(3-7-15)10-18-19(26)22(20(27)30-18)11-17(25)14-4-8-16(9-5-14)23(28)29/h2-10H,11H2,1H3,(H,21,24)/b18-10-. The molecule has 1 saturated heterocycles. The first-order valence-corrected chi connectivity index (χ1v) is 9.47. The summed E-state index contributed by atoms with van der Waals surface area (Å²) in [5.74, 6) is -1.30. The molecule has 0 unspecified atom stereocenters. The molecular formula is C20H15N3O6S. The van der Waals surface area contributed by atoms with E-state index in [0.717, 1.165) is 16.7 Å². The van der Waals surface area contributed by atoms with Gasteiger partial charge in [0, 0.05) is 30.3 Å². The average Bonchev–Trinajstić information content (AvgIpc) is 2.96. The van der Waals surface area contributed by atoms with E-state index in [4.69, 9.17) is 0 Å². The Morgan fingerprint density at radius 3 is 2.30 bits per heavy atom. The van der Waals surface area contributed by atoms with Crippen LogP contribution in [0.5, 0.6) is 0 Å². The van der Waals surface area contributed by atoms with Crippen molar-refractivity contribution < 1.29 is 24.1 Å². The SMILES string of the molecule is CC(=O)Nc1ccc(/C=C2\SC(=O)N(CC(=O)c3ccc([N+](=O)[O-])cc3)C2=O)cc1. The topological polar surface area (TPSA) is 127 Å². The van der Waals surface area contributed by atoms with Crippen molar-refractivity contribution in [1.82, 2.24) is 4.90 Å². The fourth-order valence-electron chi connectivity index (χ4n) is 2.66. The maximum Gasteiger partial charge on any atom is 0.293 e. The van der Waals surface area contributed by atoms with E-state index in [0.29, 0.717) is 11.3 Å². The predicted molar refractivity (Wildman–Crippen MR) is 111 cm³/mol. The largest absolute Gasteiger partial charge is 0.326 e. The highest BCUT2D eigenvalue weighted by atomic mass is 32.2. The maximum absolute atomic E-state index is 12.6. The number of nitro benzene ring substituents is 1. The molecule has 0 radical (unpaired) electrons. The van der Waals surface area contributed by atoms with Gasteiger partial charge in [-0.15, -0.1) is 0 Å². The molecule has 10 heteroatoms. The molecule has 1 aliphatic rings. The van der Waals surface area contributed by atoms with Crippen LogP contribution >= 0.6 is 11.8 Å². The number of nitrogens with zero attached hydrogens (tertiary/aromatic N) is 2. The lowest BCUT2D eigenvalue weighted by Gasteiger charge is -2.11. The highest BCUT2D eigenvalue weighted by Gasteiger charge is 2.36. The van der Waals surface area contributed by atoms with Gasteiger partial charge in [-0.1, -0.05) is 12.1 Å². The third-order valence-electron chi connectivity index (χ3n) is 4.10. The lowest BCUT2D eigenvalue weighted by Crippen LogP contribution is -2.33. The van der Waals surface area contributed by atoms with Crippen LogP contribution in [0.15, 0.2) is 53.4 Å². The van der Waals surface area contributed by atoms with E-state index in [1.807, 2.05) is 0 Å². The minimum atomic E-state index is -0.591. The van der Waals surface area contributed by atoms with Gasteiger partial charge in [0.25, 0.3) is 16.8 Å². The van der Waals surface area contributed by atoms with Gasteiger partial charge in [0.1, 0.15) is 0 Å².